The van der Waals surface area contributed by atoms with Gasteiger partial charge in [-0.1, -0.05) is 0 Å². The third kappa shape index (κ3) is 2.29. The lowest BCUT2D eigenvalue weighted by Crippen LogP contribution is -1.91. The molecule has 0 saturated heterocycles. The second kappa shape index (κ2) is 3.87. The summed E-state index contributed by atoms with van der Waals surface area (Å²) in [6, 6.07) is 1.40. The Morgan fingerprint density at radius 2 is 1.79 bits per heavy atom. The van der Waals surface area contributed by atoms with Gasteiger partial charge in [-0.15, -0.1) is 0 Å². The van der Waals surface area contributed by atoms with Crippen LogP contribution in [0.5, 0.6) is 5.75 Å². The van der Waals surface area contributed by atoms with Crippen molar-refractivity contribution in [3.8, 4) is 5.75 Å². The molecular weight excluding hydrogens is 194 g/mol. The summed E-state index contributed by atoms with van der Waals surface area (Å²) < 4.78 is 25.8. The van der Waals surface area contributed by atoms with Crippen molar-refractivity contribution in [2.24, 2.45) is 0 Å². The lowest BCUT2D eigenvalue weighted by Gasteiger charge is -1.99. The van der Waals surface area contributed by atoms with E-state index in [2.05, 4.69) is 0 Å². The maximum Gasteiger partial charge on any atom is 0.328 e. The summed E-state index contributed by atoms with van der Waals surface area (Å²) in [4.78, 5) is 10.1. The predicted molar refractivity (Wildman–Crippen MR) is 44.7 cm³/mol. The molecule has 0 unspecified atom stereocenters. The summed E-state index contributed by atoms with van der Waals surface area (Å²) in [6.07, 6.45) is 1.39. The first-order valence-electron chi connectivity index (χ1n) is 3.59. The fourth-order valence-electron chi connectivity index (χ4n) is 0.885. The molecule has 14 heavy (non-hydrogen) atoms. The zero-order valence-corrected chi connectivity index (χ0v) is 6.87. The second-order valence-corrected chi connectivity index (χ2v) is 2.49. The van der Waals surface area contributed by atoms with Gasteiger partial charge in [0, 0.05) is 23.8 Å². The molecule has 0 radical (unpaired) electrons. The third-order valence-electron chi connectivity index (χ3n) is 1.46. The monoisotopic (exact) mass is 200 g/mol. The van der Waals surface area contributed by atoms with E-state index in [0.29, 0.717) is 18.2 Å². The van der Waals surface area contributed by atoms with Crippen LogP contribution in [0.15, 0.2) is 18.2 Å². The van der Waals surface area contributed by atoms with E-state index in [1.54, 1.807) is 0 Å². The number of phenolic OH excluding ortho intramolecular Hbond substituents is 1. The average Bonchev–Trinajstić information content (AvgIpc) is 2.01. The van der Waals surface area contributed by atoms with Crippen LogP contribution in [-0.2, 0) is 4.79 Å². The summed E-state index contributed by atoms with van der Waals surface area (Å²) in [6.45, 7) is 0. The van der Waals surface area contributed by atoms with Crippen molar-refractivity contribution in [1.29, 1.82) is 0 Å². The molecule has 74 valence electrons. The molecule has 0 fully saturated rings. The smallest absolute Gasteiger partial charge is 0.328 e. The van der Waals surface area contributed by atoms with Gasteiger partial charge in [0.25, 0.3) is 0 Å². The van der Waals surface area contributed by atoms with Crippen molar-refractivity contribution in [3.05, 3.63) is 35.4 Å². The second-order valence-electron chi connectivity index (χ2n) is 2.49. The summed E-state index contributed by atoms with van der Waals surface area (Å²) in [5.41, 5.74) is -0.495. The molecule has 0 spiro atoms. The largest absolute Gasteiger partial charge is 0.508 e. The number of hydrogen-bond donors (Lipinski definition) is 2. The van der Waals surface area contributed by atoms with Gasteiger partial charge in [-0.3, -0.25) is 0 Å². The highest BCUT2D eigenvalue weighted by atomic mass is 19.1. The van der Waals surface area contributed by atoms with Crippen LogP contribution < -0.4 is 0 Å². The van der Waals surface area contributed by atoms with Gasteiger partial charge in [-0.2, -0.15) is 0 Å². The molecule has 0 amide bonds. The van der Waals surface area contributed by atoms with Crippen LogP contribution in [0.4, 0.5) is 8.78 Å². The summed E-state index contributed by atoms with van der Waals surface area (Å²) in [7, 11) is 0. The number of rotatable bonds is 2. The first-order valence-corrected chi connectivity index (χ1v) is 3.59. The predicted octanol–water partition coefficient (Wildman–Crippen LogP) is 1.77. The van der Waals surface area contributed by atoms with Gasteiger partial charge in [0.05, 0.1) is 0 Å². The standard InChI is InChI=1S/C9H6F2O3/c10-7-3-5(12)4-8(11)6(7)1-2-9(13)14/h1-4,12H,(H,13,14). The molecule has 3 nitrogen and oxygen atoms in total. The van der Waals surface area contributed by atoms with E-state index in [0.717, 1.165) is 6.08 Å². The number of carbonyl (C=O) groups is 1. The maximum atomic E-state index is 12.9. The molecule has 2 N–H and O–H groups in total. The molecule has 0 aromatic heterocycles. The number of benzene rings is 1. The quantitative estimate of drug-likeness (QED) is 0.715. The topological polar surface area (TPSA) is 57.5 Å². The van der Waals surface area contributed by atoms with Crippen molar-refractivity contribution < 1.29 is 23.8 Å². The molecule has 0 saturated carbocycles. The minimum absolute atomic E-state index is 0.495. The Kier molecular flexibility index (Phi) is 2.81. The van der Waals surface area contributed by atoms with E-state index < -0.39 is 28.9 Å². The van der Waals surface area contributed by atoms with E-state index in [9.17, 15) is 13.6 Å². The highest BCUT2D eigenvalue weighted by molar-refractivity contribution is 5.85. The molecule has 0 atom stereocenters. The number of aliphatic carboxylic acids is 1. The number of phenols is 1. The van der Waals surface area contributed by atoms with E-state index in [4.69, 9.17) is 10.2 Å². The molecule has 0 aliphatic heterocycles. The van der Waals surface area contributed by atoms with Gasteiger partial charge in [0.1, 0.15) is 17.4 Å². The molecule has 0 heterocycles. The molecule has 1 aromatic rings. The Morgan fingerprint density at radius 1 is 1.29 bits per heavy atom. The average molecular weight is 200 g/mol. The van der Waals surface area contributed by atoms with Crippen molar-refractivity contribution in [2.45, 2.75) is 0 Å². The fraction of sp³-hybridized carbons (Fsp3) is 0. The van der Waals surface area contributed by atoms with Gasteiger partial charge in [0.15, 0.2) is 0 Å². The number of aromatic hydroxyl groups is 1. The van der Waals surface area contributed by atoms with Gasteiger partial charge in [0.2, 0.25) is 0 Å². The number of carboxylic acid groups (broad SMARTS) is 1. The Bertz CT molecular complexity index is 376. The molecule has 0 aliphatic carbocycles. The lowest BCUT2D eigenvalue weighted by molar-refractivity contribution is -0.131. The lowest BCUT2D eigenvalue weighted by atomic mass is 10.1. The molecule has 0 aliphatic rings. The fourth-order valence-corrected chi connectivity index (χ4v) is 0.885. The Hall–Kier alpha value is -1.91. The Labute approximate surface area is 77.9 Å². The number of halogens is 2. The first kappa shape index (κ1) is 10.2. The van der Waals surface area contributed by atoms with Crippen molar-refractivity contribution in [3.63, 3.8) is 0 Å². The van der Waals surface area contributed by atoms with E-state index in [1.807, 2.05) is 0 Å². The van der Waals surface area contributed by atoms with E-state index in [1.165, 1.54) is 0 Å². The molecule has 1 aromatic carbocycles. The summed E-state index contributed by atoms with van der Waals surface area (Å²) in [5.74, 6) is -3.88. The van der Waals surface area contributed by atoms with Gasteiger partial charge < -0.3 is 10.2 Å². The SMILES string of the molecule is O=C(O)C=Cc1c(F)cc(O)cc1F. The van der Waals surface area contributed by atoms with Crippen LogP contribution in [-0.4, -0.2) is 16.2 Å². The molecule has 0 bridgehead atoms. The number of hydrogen-bond acceptors (Lipinski definition) is 2. The minimum atomic E-state index is -1.31. The van der Waals surface area contributed by atoms with E-state index in [-0.39, 0.29) is 0 Å². The highest BCUT2D eigenvalue weighted by Crippen LogP contribution is 2.20. The van der Waals surface area contributed by atoms with Crippen LogP contribution in [0.3, 0.4) is 0 Å². The van der Waals surface area contributed by atoms with Crippen LogP contribution >= 0.6 is 0 Å². The zero-order chi connectivity index (χ0) is 10.7. The van der Waals surface area contributed by atoms with Crippen LogP contribution in [0.25, 0.3) is 6.08 Å². The van der Waals surface area contributed by atoms with Crippen LogP contribution in [0.2, 0.25) is 0 Å². The first-order chi connectivity index (χ1) is 6.50. The minimum Gasteiger partial charge on any atom is -0.508 e. The van der Waals surface area contributed by atoms with Crippen molar-refractivity contribution in [2.75, 3.05) is 0 Å². The van der Waals surface area contributed by atoms with Crippen molar-refractivity contribution >= 4 is 12.0 Å². The molecule has 5 heteroatoms. The summed E-state index contributed by atoms with van der Waals surface area (Å²) in [5, 5.41) is 17.0. The van der Waals surface area contributed by atoms with Crippen LogP contribution in [0.1, 0.15) is 5.56 Å². The zero-order valence-electron chi connectivity index (χ0n) is 6.87. The molecular formula is C9H6F2O3. The number of carboxylic acids is 1. The van der Waals surface area contributed by atoms with E-state index >= 15 is 0 Å². The normalized spacial score (nSPS) is 10.7. The van der Waals surface area contributed by atoms with Crippen LogP contribution in [0, 0.1) is 11.6 Å². The van der Waals surface area contributed by atoms with Gasteiger partial charge in [-0.25, -0.2) is 13.6 Å². The Morgan fingerprint density at radius 3 is 2.21 bits per heavy atom. The summed E-state index contributed by atoms with van der Waals surface area (Å²) >= 11 is 0. The molecule has 1 rings (SSSR count). The van der Waals surface area contributed by atoms with Crippen molar-refractivity contribution in [1.82, 2.24) is 0 Å². The Balaban J connectivity index is 3.15. The third-order valence-corrected chi connectivity index (χ3v) is 1.46. The highest BCUT2D eigenvalue weighted by Gasteiger charge is 2.08. The maximum absolute atomic E-state index is 12.9. The van der Waals surface area contributed by atoms with Gasteiger partial charge >= 0.3 is 5.97 Å². The van der Waals surface area contributed by atoms with Gasteiger partial charge in [-0.05, 0) is 6.08 Å².